The van der Waals surface area contributed by atoms with E-state index in [1.165, 1.54) is 68.4 Å². The molecule has 0 spiro atoms. The summed E-state index contributed by atoms with van der Waals surface area (Å²) in [6, 6.07) is 2.78. The number of anilines is 1. The predicted molar refractivity (Wildman–Crippen MR) is 154 cm³/mol. The van der Waals surface area contributed by atoms with Crippen LogP contribution in [0.4, 0.5) is 14.5 Å². The van der Waals surface area contributed by atoms with E-state index in [2.05, 4.69) is 30.7 Å². The van der Waals surface area contributed by atoms with Gasteiger partial charge >= 0.3 is 5.97 Å². The van der Waals surface area contributed by atoms with Gasteiger partial charge in [-0.3, -0.25) is 4.90 Å². The van der Waals surface area contributed by atoms with Gasteiger partial charge in [0.25, 0.3) is 5.92 Å². The number of ether oxygens (including phenoxy) is 2. The van der Waals surface area contributed by atoms with Gasteiger partial charge in [-0.1, -0.05) is 51.9 Å². The van der Waals surface area contributed by atoms with Crippen molar-refractivity contribution in [2.75, 3.05) is 58.0 Å². The van der Waals surface area contributed by atoms with E-state index in [9.17, 15) is 18.7 Å². The van der Waals surface area contributed by atoms with Crippen molar-refractivity contribution >= 4 is 11.7 Å². The van der Waals surface area contributed by atoms with E-state index >= 15 is 0 Å². The number of aliphatic hydroxyl groups excluding tert-OH is 1. The molecule has 1 aromatic rings. The number of rotatable bonds is 19. The second kappa shape index (κ2) is 17.0. The molecule has 8 nitrogen and oxygen atoms in total. The lowest BCUT2D eigenvalue weighted by molar-refractivity contribution is -0.0265. The Hall–Kier alpha value is -2.04. The third kappa shape index (κ3) is 12.2. The number of nitrogens with zero attached hydrogens (tertiary/aromatic N) is 3. The van der Waals surface area contributed by atoms with Crippen LogP contribution in [0.3, 0.4) is 0 Å². The summed E-state index contributed by atoms with van der Waals surface area (Å²) < 4.78 is 36.6. The number of carbonyl (C=O) groups is 1. The minimum absolute atomic E-state index is 0.132. The Kier molecular flexibility index (Phi) is 14.6. The molecular formula is C30H51F2N3O5. The van der Waals surface area contributed by atoms with Crippen molar-refractivity contribution in [3.8, 4) is 5.88 Å². The molecule has 2 aliphatic rings. The molecule has 0 aromatic carbocycles. The van der Waals surface area contributed by atoms with Crippen LogP contribution in [0, 0.1) is 5.92 Å². The van der Waals surface area contributed by atoms with Crippen molar-refractivity contribution in [2.24, 2.45) is 5.92 Å². The Morgan fingerprint density at radius 3 is 2.25 bits per heavy atom. The van der Waals surface area contributed by atoms with E-state index < -0.39 is 11.9 Å². The topological polar surface area (TPSA) is 95.4 Å². The highest BCUT2D eigenvalue weighted by Crippen LogP contribution is 2.37. The fourth-order valence-corrected chi connectivity index (χ4v) is 4.52. The summed E-state index contributed by atoms with van der Waals surface area (Å²) >= 11 is 0. The normalized spacial score (nSPS) is 16.4. The first-order valence-electron chi connectivity index (χ1n) is 14.9. The van der Waals surface area contributed by atoms with Gasteiger partial charge in [0.1, 0.15) is 5.69 Å². The summed E-state index contributed by atoms with van der Waals surface area (Å²) in [7, 11) is 1.74. The number of pyridine rings is 1. The van der Waals surface area contributed by atoms with Crippen molar-refractivity contribution in [3.63, 3.8) is 0 Å². The summed E-state index contributed by atoms with van der Waals surface area (Å²) in [5, 5.41) is 18.4. The van der Waals surface area contributed by atoms with Crippen LogP contribution in [0.2, 0.25) is 0 Å². The Labute approximate surface area is 239 Å². The number of hydrogen-bond donors (Lipinski definition) is 2. The Balaban J connectivity index is 0.000000280. The van der Waals surface area contributed by atoms with Gasteiger partial charge in [-0.25, -0.2) is 18.6 Å². The highest BCUT2D eigenvalue weighted by atomic mass is 19.3. The van der Waals surface area contributed by atoms with Gasteiger partial charge in [-0.05, 0) is 57.7 Å². The maximum absolute atomic E-state index is 12.9. The lowest BCUT2D eigenvalue weighted by Gasteiger charge is -2.40. The number of aliphatic hydroxyl groups is 1. The summed E-state index contributed by atoms with van der Waals surface area (Å²) in [6.07, 6.45) is 12.9. The second-order valence-corrected chi connectivity index (χ2v) is 11.7. The van der Waals surface area contributed by atoms with Crippen LogP contribution in [-0.2, 0) is 4.74 Å². The minimum atomic E-state index is -2.70. The molecule has 2 N–H and O–H groups in total. The molecule has 3 rings (SSSR count). The van der Waals surface area contributed by atoms with Gasteiger partial charge in [0.15, 0.2) is 5.69 Å². The predicted octanol–water partition coefficient (Wildman–Crippen LogP) is 5.87. The molecule has 0 radical (unpaired) electrons. The van der Waals surface area contributed by atoms with Gasteiger partial charge in [-0.2, -0.15) is 0 Å². The molecule has 2 fully saturated rings. The molecule has 0 amide bonds. The maximum atomic E-state index is 12.9. The summed E-state index contributed by atoms with van der Waals surface area (Å²) in [5.74, 6) is -3.26. The molecule has 230 valence electrons. The van der Waals surface area contributed by atoms with Gasteiger partial charge in [-0.15, -0.1) is 0 Å². The average molecular weight is 572 g/mol. The third-order valence-corrected chi connectivity index (χ3v) is 7.49. The highest BCUT2D eigenvalue weighted by molar-refractivity contribution is 5.86. The van der Waals surface area contributed by atoms with Crippen molar-refractivity contribution in [1.82, 2.24) is 9.88 Å². The molecule has 40 heavy (non-hydrogen) atoms. The maximum Gasteiger partial charge on any atom is 0.354 e. The van der Waals surface area contributed by atoms with E-state index in [-0.39, 0.29) is 36.8 Å². The van der Waals surface area contributed by atoms with E-state index in [0.717, 1.165) is 32.5 Å². The van der Waals surface area contributed by atoms with Gasteiger partial charge in [0.05, 0.1) is 32.9 Å². The molecule has 1 aromatic heterocycles. The smallest absolute Gasteiger partial charge is 0.354 e. The fraction of sp³-hybridized carbons (Fsp3) is 0.800. The molecule has 0 atom stereocenters. The van der Waals surface area contributed by atoms with Crippen molar-refractivity contribution in [1.29, 1.82) is 0 Å². The van der Waals surface area contributed by atoms with Crippen molar-refractivity contribution < 1.29 is 33.3 Å². The first-order valence-corrected chi connectivity index (χ1v) is 14.9. The molecular weight excluding hydrogens is 520 g/mol. The Bertz CT molecular complexity index is 875. The zero-order chi connectivity index (χ0) is 29.6. The van der Waals surface area contributed by atoms with E-state index in [4.69, 9.17) is 14.6 Å². The number of methoxy groups -OCH3 is 1. The van der Waals surface area contributed by atoms with E-state index in [1.807, 2.05) is 0 Å². The largest absolute Gasteiger partial charge is 0.477 e. The van der Waals surface area contributed by atoms with Crippen LogP contribution in [0.5, 0.6) is 5.88 Å². The van der Waals surface area contributed by atoms with Gasteiger partial charge in [0.2, 0.25) is 5.88 Å². The number of aromatic carboxylic acids is 1. The van der Waals surface area contributed by atoms with Crippen LogP contribution in [0.1, 0.15) is 95.5 Å². The summed E-state index contributed by atoms with van der Waals surface area (Å²) in [4.78, 5) is 18.6. The van der Waals surface area contributed by atoms with Crippen LogP contribution in [0.15, 0.2) is 12.1 Å². The SMILES string of the molecule is CCCCCCCCCCN(CCOC)C(C)(C)CO.O=C(O)c1ccc(N2CC(F)(F)C2)c(OCC2CC2)n1. The zero-order valence-electron chi connectivity index (χ0n) is 25.0. The lowest BCUT2D eigenvalue weighted by atomic mass is 10.0. The van der Waals surface area contributed by atoms with Gasteiger partial charge in [0, 0.05) is 19.2 Å². The second-order valence-electron chi connectivity index (χ2n) is 11.7. The summed E-state index contributed by atoms with van der Waals surface area (Å²) in [5.41, 5.74) is 0.146. The monoisotopic (exact) mass is 571 g/mol. The number of hydrogen-bond acceptors (Lipinski definition) is 7. The first-order chi connectivity index (χ1) is 19.0. The van der Waals surface area contributed by atoms with Crippen LogP contribution >= 0.6 is 0 Å². The highest BCUT2D eigenvalue weighted by Gasteiger charge is 2.45. The van der Waals surface area contributed by atoms with E-state index in [1.54, 1.807) is 7.11 Å². The van der Waals surface area contributed by atoms with Crippen LogP contribution < -0.4 is 9.64 Å². The molecule has 0 bridgehead atoms. The van der Waals surface area contributed by atoms with Crippen LogP contribution in [0.25, 0.3) is 0 Å². The molecule has 2 heterocycles. The number of alkyl halides is 2. The van der Waals surface area contributed by atoms with Crippen molar-refractivity contribution in [2.45, 2.75) is 96.4 Å². The Morgan fingerprint density at radius 2 is 1.73 bits per heavy atom. The minimum Gasteiger partial charge on any atom is -0.477 e. The molecule has 1 aliphatic carbocycles. The van der Waals surface area contributed by atoms with Crippen LogP contribution in [-0.4, -0.2) is 90.6 Å². The number of unbranched alkanes of at least 4 members (excludes halogenated alkanes) is 7. The molecule has 0 unspecified atom stereocenters. The van der Waals surface area contributed by atoms with Gasteiger partial charge < -0.3 is 24.6 Å². The molecule has 1 saturated heterocycles. The average Bonchev–Trinajstić information content (AvgIpc) is 3.74. The lowest BCUT2D eigenvalue weighted by Crippen LogP contribution is -2.56. The number of aromatic nitrogens is 1. The first kappa shape index (κ1) is 34.2. The standard InChI is InChI=1S/C17H37NO2.C13H14F2N2O3/c1-5-6-7-8-9-10-11-12-13-18(14-15-20-4)17(2,3)16-19;14-13(15)6-17(7-13)10-4-3-9(12(18)19)16-11(10)20-5-8-1-2-8/h19H,5-16H2,1-4H3;3-4,8H,1-2,5-7H2,(H,18,19). The summed E-state index contributed by atoms with van der Waals surface area (Å²) in [6.45, 7) is 9.05. The number of carboxylic acids is 1. The van der Waals surface area contributed by atoms with Crippen molar-refractivity contribution in [3.05, 3.63) is 17.8 Å². The Morgan fingerprint density at radius 1 is 1.10 bits per heavy atom. The number of halogens is 2. The quantitative estimate of drug-likeness (QED) is 0.199. The molecule has 10 heteroatoms. The molecule has 1 aliphatic heterocycles. The van der Waals surface area contributed by atoms with E-state index in [0.29, 0.717) is 18.2 Å². The molecule has 1 saturated carbocycles. The number of carboxylic acid groups (broad SMARTS) is 1. The fourth-order valence-electron chi connectivity index (χ4n) is 4.52. The third-order valence-electron chi connectivity index (χ3n) is 7.49. The zero-order valence-corrected chi connectivity index (χ0v) is 25.0.